The molecular formula is C28H41N15O4. The summed E-state index contributed by atoms with van der Waals surface area (Å²) in [5, 5.41) is 21.6. The number of nitrogens with two attached hydrogens (primary N) is 4. The molecule has 4 aromatic heterocycles. The summed E-state index contributed by atoms with van der Waals surface area (Å²) in [4.78, 5) is 44.3. The number of hydrogen-bond acceptors (Lipinski definition) is 17. The molecule has 0 bridgehead atoms. The van der Waals surface area contributed by atoms with Crippen LogP contribution in [0.25, 0.3) is 22.1 Å². The molecule has 47 heavy (non-hydrogen) atoms. The van der Waals surface area contributed by atoms with Crippen molar-refractivity contribution >= 4 is 51.5 Å². The van der Waals surface area contributed by atoms with E-state index in [2.05, 4.69) is 40.4 Å². The SMILES string of the molecule is CC(C)(C)OC(=O)Cn1nc(C#N)c2c(N)ncnc21.CC(C)(C)OC(=O)Cn1nc(C2=NCCN2)c2c(N)ncnc21.NCCN. The molecule has 1 aliphatic heterocycles. The average molecular weight is 652 g/mol. The second-order valence-electron chi connectivity index (χ2n) is 11.9. The van der Waals surface area contributed by atoms with Crippen molar-refractivity contribution in [2.75, 3.05) is 37.6 Å². The fraction of sp³-hybridized carbons (Fsp3) is 0.500. The molecule has 0 fully saturated rings. The van der Waals surface area contributed by atoms with Gasteiger partial charge in [-0.2, -0.15) is 15.5 Å². The topological polar surface area (TPSA) is 292 Å². The standard InChI is InChI=1S/C14H19N7O2.C12H14N6O2.C2H8N2/c1-14(2,3)23-8(22)6-21-13-9(11(15)18-7-19-13)10(20-21)12-16-4-5-17-12;1-12(2,3)20-8(19)5-18-11-9(7(4-13)17-18)10(14)15-6-16-11;3-1-2-4/h7H,4-6H2,1-3H3,(H,16,17)(H2,15,18,19);6H,5H2,1-3H3,(H2,14,15,16);1-4H2. The molecule has 5 rings (SSSR count). The number of nitriles is 1. The fourth-order valence-electron chi connectivity index (χ4n) is 4.07. The summed E-state index contributed by atoms with van der Waals surface area (Å²) >= 11 is 0. The van der Waals surface area contributed by atoms with Crippen LogP contribution in [-0.4, -0.2) is 94.7 Å². The third kappa shape index (κ3) is 9.75. The Morgan fingerprint density at radius 3 is 1.79 bits per heavy atom. The number of anilines is 2. The van der Waals surface area contributed by atoms with E-state index >= 15 is 0 Å². The zero-order valence-electron chi connectivity index (χ0n) is 27.3. The minimum absolute atomic E-state index is 0.0580. The number of nitrogens with one attached hydrogen (secondary N) is 1. The molecule has 0 aromatic carbocycles. The first-order valence-corrected chi connectivity index (χ1v) is 14.5. The van der Waals surface area contributed by atoms with E-state index in [0.29, 0.717) is 59.0 Å². The van der Waals surface area contributed by atoms with E-state index in [0.717, 1.165) is 6.54 Å². The molecule has 4 aromatic rings. The van der Waals surface area contributed by atoms with Crippen molar-refractivity contribution in [3.05, 3.63) is 24.0 Å². The highest BCUT2D eigenvalue weighted by molar-refractivity contribution is 6.10. The minimum atomic E-state index is -0.591. The summed E-state index contributed by atoms with van der Waals surface area (Å²) in [6.07, 6.45) is 2.60. The van der Waals surface area contributed by atoms with Crippen LogP contribution in [0.1, 0.15) is 52.9 Å². The summed E-state index contributed by atoms with van der Waals surface area (Å²) in [6, 6.07) is 1.91. The molecule has 5 heterocycles. The number of carbonyl (C=O) groups excluding carboxylic acids is 2. The van der Waals surface area contributed by atoms with E-state index in [1.165, 1.54) is 22.0 Å². The van der Waals surface area contributed by atoms with Crippen LogP contribution in [0.15, 0.2) is 17.6 Å². The molecule has 0 radical (unpaired) electrons. The van der Waals surface area contributed by atoms with Crippen LogP contribution in [0, 0.1) is 11.3 Å². The highest BCUT2D eigenvalue weighted by Crippen LogP contribution is 2.23. The third-order valence-electron chi connectivity index (χ3n) is 5.69. The molecule has 9 N–H and O–H groups in total. The van der Waals surface area contributed by atoms with Crippen LogP contribution in [0.5, 0.6) is 0 Å². The Balaban J connectivity index is 0.000000231. The van der Waals surface area contributed by atoms with Crippen molar-refractivity contribution in [1.82, 2.24) is 44.8 Å². The summed E-state index contributed by atoms with van der Waals surface area (Å²) < 4.78 is 13.3. The highest BCUT2D eigenvalue weighted by Gasteiger charge is 2.24. The Morgan fingerprint density at radius 1 is 0.851 bits per heavy atom. The number of rotatable bonds is 6. The predicted molar refractivity (Wildman–Crippen MR) is 173 cm³/mol. The molecule has 0 unspecified atom stereocenters. The van der Waals surface area contributed by atoms with Crippen molar-refractivity contribution in [1.29, 1.82) is 5.26 Å². The average Bonchev–Trinajstić information content (AvgIpc) is 3.71. The van der Waals surface area contributed by atoms with E-state index in [1.807, 2.05) is 26.8 Å². The van der Waals surface area contributed by atoms with E-state index in [-0.39, 0.29) is 24.6 Å². The van der Waals surface area contributed by atoms with Gasteiger partial charge in [0.25, 0.3) is 0 Å². The smallest absolute Gasteiger partial charge is 0.328 e. The zero-order valence-corrected chi connectivity index (χ0v) is 27.3. The first-order chi connectivity index (χ1) is 22.1. The van der Waals surface area contributed by atoms with Crippen molar-refractivity contribution < 1.29 is 19.1 Å². The molecule has 0 aliphatic carbocycles. The molecule has 19 heteroatoms. The van der Waals surface area contributed by atoms with Crippen molar-refractivity contribution in [3.63, 3.8) is 0 Å². The maximum atomic E-state index is 12.1. The van der Waals surface area contributed by atoms with Gasteiger partial charge in [-0.15, -0.1) is 0 Å². The fourth-order valence-corrected chi connectivity index (χ4v) is 4.07. The first kappa shape index (κ1) is 36.0. The van der Waals surface area contributed by atoms with E-state index in [1.54, 1.807) is 20.8 Å². The minimum Gasteiger partial charge on any atom is -0.459 e. The maximum absolute atomic E-state index is 12.1. The summed E-state index contributed by atoms with van der Waals surface area (Å²) in [6.45, 7) is 13.2. The maximum Gasteiger partial charge on any atom is 0.328 e. The van der Waals surface area contributed by atoms with E-state index in [9.17, 15) is 9.59 Å². The normalized spacial score (nSPS) is 12.6. The molecule has 0 saturated heterocycles. The number of aliphatic imine (C=N–C) groups is 1. The lowest BCUT2D eigenvalue weighted by Gasteiger charge is -2.19. The molecule has 0 amide bonds. The van der Waals surface area contributed by atoms with Crippen LogP contribution in [0.4, 0.5) is 11.6 Å². The van der Waals surface area contributed by atoms with Crippen LogP contribution >= 0.6 is 0 Å². The number of esters is 2. The first-order valence-electron chi connectivity index (χ1n) is 14.5. The molecule has 19 nitrogen and oxygen atoms in total. The predicted octanol–water partition coefficient (Wildman–Crippen LogP) is -0.374. The lowest BCUT2D eigenvalue weighted by Crippen LogP contribution is -2.27. The van der Waals surface area contributed by atoms with Crippen molar-refractivity contribution in [2.45, 2.75) is 65.8 Å². The van der Waals surface area contributed by atoms with Gasteiger partial charge in [-0.05, 0) is 41.5 Å². The van der Waals surface area contributed by atoms with Gasteiger partial charge in [0, 0.05) is 19.6 Å². The van der Waals surface area contributed by atoms with E-state index < -0.39 is 23.1 Å². The largest absolute Gasteiger partial charge is 0.459 e. The molecule has 252 valence electrons. The van der Waals surface area contributed by atoms with Gasteiger partial charge in [0.1, 0.15) is 66.2 Å². The Morgan fingerprint density at radius 2 is 1.34 bits per heavy atom. The van der Waals surface area contributed by atoms with Gasteiger partial charge in [-0.1, -0.05) is 0 Å². The second-order valence-corrected chi connectivity index (χ2v) is 11.9. The van der Waals surface area contributed by atoms with Crippen LogP contribution in [-0.2, 0) is 32.2 Å². The van der Waals surface area contributed by atoms with Gasteiger partial charge in [-0.3, -0.25) is 14.6 Å². The van der Waals surface area contributed by atoms with Gasteiger partial charge < -0.3 is 37.7 Å². The number of nitrogen functional groups attached to an aromatic ring is 2. The number of hydrogen-bond donors (Lipinski definition) is 5. The summed E-state index contributed by atoms with van der Waals surface area (Å²) in [5.41, 5.74) is 21.8. The van der Waals surface area contributed by atoms with Crippen molar-refractivity contribution in [2.24, 2.45) is 16.5 Å². The third-order valence-corrected chi connectivity index (χ3v) is 5.69. The summed E-state index contributed by atoms with van der Waals surface area (Å²) in [5.74, 6) is 0.230. The van der Waals surface area contributed by atoms with Crippen molar-refractivity contribution in [3.8, 4) is 6.07 Å². The number of nitrogens with zero attached hydrogens (tertiary/aromatic N) is 10. The number of carbonyl (C=O) groups is 2. The van der Waals surface area contributed by atoms with Gasteiger partial charge in [0.05, 0.1) is 17.3 Å². The summed E-state index contributed by atoms with van der Waals surface area (Å²) in [7, 11) is 0. The van der Waals surface area contributed by atoms with Gasteiger partial charge in [0.2, 0.25) is 0 Å². The molecule has 0 atom stereocenters. The van der Waals surface area contributed by atoms with Crippen LogP contribution < -0.4 is 28.3 Å². The highest BCUT2D eigenvalue weighted by atomic mass is 16.6. The van der Waals surface area contributed by atoms with Crippen LogP contribution in [0.2, 0.25) is 0 Å². The zero-order chi connectivity index (χ0) is 34.9. The number of ether oxygens (including phenoxy) is 2. The van der Waals surface area contributed by atoms with Gasteiger partial charge >= 0.3 is 11.9 Å². The molecule has 0 saturated carbocycles. The molecule has 1 aliphatic rings. The molecule has 0 spiro atoms. The second kappa shape index (κ2) is 15.2. The number of aromatic nitrogens is 8. The van der Waals surface area contributed by atoms with E-state index in [4.69, 9.17) is 37.7 Å². The lowest BCUT2D eigenvalue weighted by molar-refractivity contribution is -0.156. The van der Waals surface area contributed by atoms with Crippen LogP contribution in [0.3, 0.4) is 0 Å². The number of amidine groups is 1. The molecular weight excluding hydrogens is 610 g/mol. The lowest BCUT2D eigenvalue weighted by atomic mass is 10.2. The Bertz CT molecular complexity index is 1790. The van der Waals surface area contributed by atoms with Gasteiger partial charge in [0.15, 0.2) is 17.0 Å². The Hall–Kier alpha value is -5.48. The van der Waals surface area contributed by atoms with Gasteiger partial charge in [-0.25, -0.2) is 29.3 Å². The Labute approximate surface area is 270 Å². The monoisotopic (exact) mass is 651 g/mol. The quantitative estimate of drug-likeness (QED) is 0.166. The number of fused-ring (bicyclic) bond motifs is 2. The Kier molecular flexibility index (Phi) is 11.6.